The second-order valence-electron chi connectivity index (χ2n) is 9.83. The van der Waals surface area contributed by atoms with Gasteiger partial charge in [0.05, 0.1) is 27.4 Å². The number of pyridine rings is 2. The molecule has 0 amide bonds. The van der Waals surface area contributed by atoms with Crippen LogP contribution in [0.3, 0.4) is 0 Å². The number of ketones is 1. The van der Waals surface area contributed by atoms with E-state index in [1.807, 2.05) is 0 Å². The zero-order chi connectivity index (χ0) is 27.7. The van der Waals surface area contributed by atoms with Crippen molar-refractivity contribution >= 4 is 48.1 Å². The first kappa shape index (κ1) is 28.1. The highest BCUT2D eigenvalue weighted by atomic mass is 35.5. The molecule has 0 N–H and O–H groups in total. The molecule has 4 aromatic rings. The van der Waals surface area contributed by atoms with Gasteiger partial charge in [-0.2, -0.15) is 13.2 Å². The van der Waals surface area contributed by atoms with Crippen molar-refractivity contribution in [3.8, 4) is 11.5 Å². The lowest BCUT2D eigenvalue weighted by Gasteiger charge is -2.15. The van der Waals surface area contributed by atoms with Gasteiger partial charge in [-0.15, -0.1) is 0 Å². The van der Waals surface area contributed by atoms with Crippen LogP contribution in [-0.2, 0) is 17.6 Å². The second-order valence-corrected chi connectivity index (χ2v) is 16.3. The van der Waals surface area contributed by atoms with E-state index < -0.39 is 25.6 Å². The van der Waals surface area contributed by atoms with Crippen molar-refractivity contribution in [2.45, 2.75) is 38.6 Å². The molecule has 0 saturated heterocycles. The predicted molar refractivity (Wildman–Crippen MR) is 143 cm³/mol. The molecule has 1 aromatic carbocycles. The number of carbonyl (C=O) groups is 1. The zero-order valence-electron chi connectivity index (χ0n) is 20.8. The third-order valence-corrected chi connectivity index (χ3v) is 7.97. The summed E-state index contributed by atoms with van der Waals surface area (Å²) < 4.78 is 52.0. The quantitative estimate of drug-likeness (QED) is 0.113. The zero-order valence-corrected chi connectivity index (χ0v) is 23.3. The Hall–Kier alpha value is -2.92. The Balaban J connectivity index is 1.59. The first-order chi connectivity index (χ1) is 17.8. The maximum Gasteiger partial charge on any atom is 0.418 e. The van der Waals surface area contributed by atoms with Gasteiger partial charge in [-0.25, -0.2) is 4.98 Å². The van der Waals surface area contributed by atoms with Crippen LogP contribution in [0.1, 0.15) is 21.5 Å². The van der Waals surface area contributed by atoms with Gasteiger partial charge < -0.3 is 14.0 Å². The number of benzene rings is 1. The van der Waals surface area contributed by atoms with Crippen molar-refractivity contribution in [3.05, 3.63) is 81.9 Å². The Labute approximate surface area is 228 Å². The molecular formula is C26H24Cl2F3N3O3Si. The molecule has 0 aliphatic rings. The van der Waals surface area contributed by atoms with Gasteiger partial charge in [0.25, 0.3) is 0 Å². The summed E-state index contributed by atoms with van der Waals surface area (Å²) in [5.41, 5.74) is 0.0190. The molecule has 3 heterocycles. The Kier molecular flexibility index (Phi) is 8.17. The predicted octanol–water partition coefficient (Wildman–Crippen LogP) is 8.09. The molecule has 38 heavy (non-hydrogen) atoms. The van der Waals surface area contributed by atoms with Crippen molar-refractivity contribution in [3.63, 3.8) is 0 Å². The summed E-state index contributed by atoms with van der Waals surface area (Å²) in [5.74, 6) is -0.376. The molecule has 0 saturated carbocycles. The lowest BCUT2D eigenvalue weighted by atomic mass is 10.0. The maximum atomic E-state index is 13.5. The summed E-state index contributed by atoms with van der Waals surface area (Å²) in [6.07, 6.45) is 0.483. The standard InChI is InChI=1S/C26H24Cl2F3N3O3Si/c1-38(2,3)9-8-36-15-34-14-20(23-21(27)6-7-33-25(23)34)24(35)19-5-4-17(11-22(19)28)37-18-10-16(12-32-13-18)26(29,30)31/h4-7,10-14H,8-9,15H2,1-3H3. The van der Waals surface area contributed by atoms with E-state index in [1.54, 1.807) is 23.0 Å². The highest BCUT2D eigenvalue weighted by Gasteiger charge is 2.31. The molecule has 0 bridgehead atoms. The number of carbonyl (C=O) groups excluding carboxylic acids is 1. The number of rotatable bonds is 9. The summed E-state index contributed by atoms with van der Waals surface area (Å²) in [7, 11) is -1.27. The molecule has 0 aliphatic heterocycles. The van der Waals surface area contributed by atoms with Crippen LogP contribution in [0.25, 0.3) is 11.0 Å². The summed E-state index contributed by atoms with van der Waals surface area (Å²) in [6, 6.07) is 7.66. The van der Waals surface area contributed by atoms with E-state index in [9.17, 15) is 18.0 Å². The van der Waals surface area contributed by atoms with E-state index in [4.69, 9.17) is 32.7 Å². The molecule has 12 heteroatoms. The Morgan fingerprint density at radius 1 is 1.03 bits per heavy atom. The lowest BCUT2D eigenvalue weighted by molar-refractivity contribution is -0.137. The minimum atomic E-state index is -4.56. The Morgan fingerprint density at radius 3 is 2.47 bits per heavy atom. The third kappa shape index (κ3) is 6.55. The molecular weight excluding hydrogens is 558 g/mol. The average molecular weight is 582 g/mol. The largest absolute Gasteiger partial charge is 0.456 e. The van der Waals surface area contributed by atoms with Gasteiger partial charge in [0.15, 0.2) is 5.78 Å². The number of hydrogen-bond acceptors (Lipinski definition) is 5. The van der Waals surface area contributed by atoms with Gasteiger partial charge in [-0.05, 0) is 30.3 Å². The van der Waals surface area contributed by atoms with Crippen molar-refractivity contribution in [2.24, 2.45) is 0 Å². The van der Waals surface area contributed by atoms with E-state index in [0.29, 0.717) is 34.4 Å². The molecule has 3 aromatic heterocycles. The Bertz CT molecular complexity index is 1490. The molecule has 0 atom stereocenters. The highest BCUT2D eigenvalue weighted by Crippen LogP contribution is 2.34. The number of aromatic nitrogens is 3. The van der Waals surface area contributed by atoms with E-state index in [1.165, 1.54) is 18.2 Å². The molecule has 200 valence electrons. The van der Waals surface area contributed by atoms with E-state index in [-0.39, 0.29) is 28.8 Å². The van der Waals surface area contributed by atoms with Crippen LogP contribution in [0.2, 0.25) is 35.7 Å². The fourth-order valence-corrected chi connectivity index (χ4v) is 4.90. The van der Waals surface area contributed by atoms with Gasteiger partial charge in [0, 0.05) is 50.3 Å². The van der Waals surface area contributed by atoms with Crippen LogP contribution < -0.4 is 4.74 Å². The SMILES string of the molecule is C[Si](C)(C)CCOCn1cc(C(=O)c2ccc(Oc3cncc(C(F)(F)F)c3)cc2Cl)c2c(Cl)ccnc21. The van der Waals surface area contributed by atoms with Crippen molar-refractivity contribution < 1.29 is 27.4 Å². The highest BCUT2D eigenvalue weighted by molar-refractivity contribution is 6.76. The number of halogens is 5. The normalized spacial score (nSPS) is 12.2. The van der Waals surface area contributed by atoms with Crippen molar-refractivity contribution in [2.75, 3.05) is 6.61 Å². The smallest absolute Gasteiger partial charge is 0.418 e. The fraction of sp³-hybridized carbons (Fsp3) is 0.269. The van der Waals surface area contributed by atoms with Crippen molar-refractivity contribution in [1.29, 1.82) is 0 Å². The molecule has 0 aliphatic carbocycles. The molecule has 4 rings (SSSR count). The van der Waals surface area contributed by atoms with Crippen LogP contribution in [-0.4, -0.2) is 35.0 Å². The molecule has 0 fully saturated rings. The van der Waals surface area contributed by atoms with Gasteiger partial charge in [-0.1, -0.05) is 42.8 Å². The minimum absolute atomic E-state index is 0.0553. The van der Waals surface area contributed by atoms with Gasteiger partial charge in [0.2, 0.25) is 0 Å². The summed E-state index contributed by atoms with van der Waals surface area (Å²) in [5, 5.41) is 0.881. The van der Waals surface area contributed by atoms with E-state index in [0.717, 1.165) is 18.3 Å². The topological polar surface area (TPSA) is 66.2 Å². The van der Waals surface area contributed by atoms with Crippen LogP contribution >= 0.6 is 23.2 Å². The van der Waals surface area contributed by atoms with Crippen LogP contribution in [0.15, 0.2) is 55.1 Å². The van der Waals surface area contributed by atoms with Crippen molar-refractivity contribution in [1.82, 2.24) is 14.5 Å². The van der Waals surface area contributed by atoms with Crippen LogP contribution in [0.5, 0.6) is 11.5 Å². The summed E-state index contributed by atoms with van der Waals surface area (Å²) in [4.78, 5) is 21.5. The summed E-state index contributed by atoms with van der Waals surface area (Å²) in [6.45, 7) is 7.57. The first-order valence-electron chi connectivity index (χ1n) is 11.6. The number of hydrogen-bond donors (Lipinski definition) is 0. The summed E-state index contributed by atoms with van der Waals surface area (Å²) >= 11 is 12.9. The third-order valence-electron chi connectivity index (χ3n) is 5.64. The van der Waals surface area contributed by atoms with Crippen LogP contribution in [0, 0.1) is 0 Å². The van der Waals surface area contributed by atoms with Gasteiger partial charge in [0.1, 0.15) is 23.9 Å². The minimum Gasteiger partial charge on any atom is -0.456 e. The molecule has 0 radical (unpaired) electrons. The maximum absolute atomic E-state index is 13.5. The van der Waals surface area contributed by atoms with Gasteiger partial charge >= 0.3 is 6.18 Å². The monoisotopic (exact) mass is 581 g/mol. The molecule has 0 unspecified atom stereocenters. The number of ether oxygens (including phenoxy) is 2. The fourth-order valence-electron chi connectivity index (χ4n) is 3.64. The second kappa shape index (κ2) is 11.1. The van der Waals surface area contributed by atoms with E-state index in [2.05, 4.69) is 29.6 Å². The van der Waals surface area contributed by atoms with Crippen LogP contribution in [0.4, 0.5) is 13.2 Å². The van der Waals surface area contributed by atoms with Gasteiger partial charge in [-0.3, -0.25) is 9.78 Å². The average Bonchev–Trinajstić information content (AvgIpc) is 3.21. The lowest BCUT2D eigenvalue weighted by Crippen LogP contribution is -2.22. The van der Waals surface area contributed by atoms with E-state index >= 15 is 0 Å². The first-order valence-corrected chi connectivity index (χ1v) is 16.1. The number of fused-ring (bicyclic) bond motifs is 1. The molecule has 0 spiro atoms. The number of alkyl halides is 3. The Morgan fingerprint density at radius 2 is 1.79 bits per heavy atom. The molecule has 6 nitrogen and oxygen atoms in total. The number of nitrogens with zero attached hydrogens (tertiary/aromatic N) is 3.